The van der Waals surface area contributed by atoms with Gasteiger partial charge in [0.15, 0.2) is 0 Å². The van der Waals surface area contributed by atoms with Crippen LogP contribution in [0, 0.1) is 16.0 Å². The van der Waals surface area contributed by atoms with Gasteiger partial charge < -0.3 is 14.7 Å². The van der Waals surface area contributed by atoms with Crippen LogP contribution < -0.4 is 4.90 Å². The van der Waals surface area contributed by atoms with Crippen LogP contribution in [0.15, 0.2) is 18.2 Å². The number of likely N-dealkylation sites (tertiary alicyclic amines) is 1. The molecule has 0 N–H and O–H groups in total. The van der Waals surface area contributed by atoms with Gasteiger partial charge in [-0.2, -0.15) is 0 Å². The van der Waals surface area contributed by atoms with E-state index in [0.717, 1.165) is 25.7 Å². The predicted octanol–water partition coefficient (Wildman–Crippen LogP) is 3.30. The monoisotopic (exact) mass is 416 g/mol. The van der Waals surface area contributed by atoms with Crippen molar-refractivity contribution < 1.29 is 14.5 Å². The third-order valence-corrected chi connectivity index (χ3v) is 6.45. The topological polar surface area (TPSA) is 87.0 Å². The number of carbonyl (C=O) groups excluding carboxylic acids is 2. The molecule has 8 heteroatoms. The van der Waals surface area contributed by atoms with Gasteiger partial charge in [0.2, 0.25) is 5.91 Å². The van der Waals surface area contributed by atoms with Gasteiger partial charge in [0, 0.05) is 57.3 Å². The summed E-state index contributed by atoms with van der Waals surface area (Å²) in [6.07, 6.45) is 4.03. The standard InChI is InChI=1S/C22H32N4O4/c1-4-6-19-16(2)7-5-10-25(19)22(28)18-8-9-20(21(15-18)26(29)30)24-13-11-23(12-14-24)17(3)27/h8-9,15-16,19H,4-7,10-14H2,1-3H3/t16-,19-/m1/s1. The number of amides is 2. The third kappa shape index (κ3) is 4.57. The van der Waals surface area contributed by atoms with Crippen molar-refractivity contribution in [1.29, 1.82) is 0 Å². The fourth-order valence-corrected chi connectivity index (χ4v) is 4.74. The molecule has 0 bridgehead atoms. The summed E-state index contributed by atoms with van der Waals surface area (Å²) in [6.45, 7) is 8.70. The zero-order chi connectivity index (χ0) is 21.8. The molecular weight excluding hydrogens is 384 g/mol. The van der Waals surface area contributed by atoms with E-state index in [1.54, 1.807) is 17.0 Å². The van der Waals surface area contributed by atoms with Crippen LogP contribution in [-0.2, 0) is 4.79 Å². The van der Waals surface area contributed by atoms with Crippen LogP contribution in [0.5, 0.6) is 0 Å². The minimum Gasteiger partial charge on any atom is -0.362 e. The van der Waals surface area contributed by atoms with E-state index < -0.39 is 4.92 Å². The average molecular weight is 417 g/mol. The van der Waals surface area contributed by atoms with Gasteiger partial charge in [-0.25, -0.2) is 0 Å². The summed E-state index contributed by atoms with van der Waals surface area (Å²) >= 11 is 0. The number of benzene rings is 1. The Kier molecular flexibility index (Phi) is 6.95. The second-order valence-corrected chi connectivity index (χ2v) is 8.43. The van der Waals surface area contributed by atoms with Crippen LogP contribution in [0.3, 0.4) is 0 Å². The molecule has 0 unspecified atom stereocenters. The lowest BCUT2D eigenvalue weighted by Crippen LogP contribution is -2.48. The number of carbonyl (C=O) groups is 2. The zero-order valence-corrected chi connectivity index (χ0v) is 18.2. The number of nitro benzene ring substituents is 1. The molecule has 2 atom stereocenters. The lowest BCUT2D eigenvalue weighted by molar-refractivity contribution is -0.384. The van der Waals surface area contributed by atoms with E-state index in [4.69, 9.17) is 0 Å². The Morgan fingerprint density at radius 1 is 1.17 bits per heavy atom. The Labute approximate surface area is 178 Å². The van der Waals surface area contributed by atoms with Crippen molar-refractivity contribution in [2.45, 2.75) is 52.5 Å². The first-order valence-electron chi connectivity index (χ1n) is 10.9. The Morgan fingerprint density at radius 2 is 1.87 bits per heavy atom. The van der Waals surface area contributed by atoms with Gasteiger partial charge in [0.1, 0.15) is 5.69 Å². The number of piperazine rings is 1. The molecule has 2 heterocycles. The van der Waals surface area contributed by atoms with Crippen molar-refractivity contribution in [2.24, 2.45) is 5.92 Å². The highest BCUT2D eigenvalue weighted by atomic mass is 16.6. The van der Waals surface area contributed by atoms with Gasteiger partial charge in [-0.15, -0.1) is 0 Å². The molecule has 2 fully saturated rings. The highest BCUT2D eigenvalue weighted by molar-refractivity contribution is 5.96. The van der Waals surface area contributed by atoms with E-state index in [1.165, 1.54) is 13.0 Å². The number of rotatable bonds is 5. The number of anilines is 1. The van der Waals surface area contributed by atoms with E-state index in [9.17, 15) is 19.7 Å². The summed E-state index contributed by atoms with van der Waals surface area (Å²) in [5.41, 5.74) is 0.842. The maximum absolute atomic E-state index is 13.3. The number of hydrogen-bond donors (Lipinski definition) is 0. The highest BCUT2D eigenvalue weighted by Gasteiger charge is 2.33. The van der Waals surface area contributed by atoms with Crippen LogP contribution in [-0.4, -0.2) is 65.3 Å². The van der Waals surface area contributed by atoms with Crippen molar-refractivity contribution in [1.82, 2.24) is 9.80 Å². The first kappa shape index (κ1) is 22.1. The number of nitro groups is 1. The summed E-state index contributed by atoms with van der Waals surface area (Å²) in [6, 6.07) is 5.02. The van der Waals surface area contributed by atoms with E-state index >= 15 is 0 Å². The molecule has 0 radical (unpaired) electrons. The summed E-state index contributed by atoms with van der Waals surface area (Å²) in [5.74, 6) is 0.341. The lowest BCUT2D eigenvalue weighted by Gasteiger charge is -2.40. The van der Waals surface area contributed by atoms with Crippen molar-refractivity contribution in [3.63, 3.8) is 0 Å². The number of hydrogen-bond acceptors (Lipinski definition) is 5. The molecule has 2 aliphatic heterocycles. The van der Waals surface area contributed by atoms with Crippen molar-refractivity contribution >= 4 is 23.2 Å². The van der Waals surface area contributed by atoms with E-state index in [2.05, 4.69) is 13.8 Å². The smallest absolute Gasteiger partial charge is 0.293 e. The SMILES string of the molecule is CCC[C@@H]1[C@H](C)CCCN1C(=O)c1ccc(N2CCN(C(C)=O)CC2)c([N+](=O)[O-])c1. The van der Waals surface area contributed by atoms with Gasteiger partial charge in [0.25, 0.3) is 11.6 Å². The number of nitrogens with zero attached hydrogens (tertiary/aromatic N) is 4. The third-order valence-electron chi connectivity index (χ3n) is 6.45. The van der Waals surface area contributed by atoms with E-state index in [1.807, 2.05) is 9.80 Å². The molecule has 0 spiro atoms. The van der Waals surface area contributed by atoms with E-state index in [0.29, 0.717) is 49.9 Å². The zero-order valence-electron chi connectivity index (χ0n) is 18.2. The molecular formula is C22H32N4O4. The van der Waals surface area contributed by atoms with Crippen LogP contribution in [0.4, 0.5) is 11.4 Å². The van der Waals surface area contributed by atoms with Gasteiger partial charge in [0.05, 0.1) is 4.92 Å². The maximum Gasteiger partial charge on any atom is 0.293 e. The van der Waals surface area contributed by atoms with Gasteiger partial charge in [-0.3, -0.25) is 19.7 Å². The van der Waals surface area contributed by atoms with Crippen LogP contribution in [0.2, 0.25) is 0 Å². The molecule has 1 aromatic carbocycles. The Bertz CT molecular complexity index is 804. The number of piperidine rings is 1. The Hall–Kier alpha value is -2.64. The van der Waals surface area contributed by atoms with Crippen LogP contribution in [0.1, 0.15) is 56.8 Å². The van der Waals surface area contributed by atoms with E-state index in [-0.39, 0.29) is 23.5 Å². The first-order valence-corrected chi connectivity index (χ1v) is 10.9. The minimum atomic E-state index is -0.411. The molecule has 0 aromatic heterocycles. The summed E-state index contributed by atoms with van der Waals surface area (Å²) < 4.78 is 0. The molecule has 2 aliphatic rings. The van der Waals surface area contributed by atoms with Crippen molar-refractivity contribution in [3.05, 3.63) is 33.9 Å². The molecule has 1 aromatic rings. The highest BCUT2D eigenvalue weighted by Crippen LogP contribution is 2.33. The fourth-order valence-electron chi connectivity index (χ4n) is 4.74. The van der Waals surface area contributed by atoms with Crippen LogP contribution >= 0.6 is 0 Å². The second-order valence-electron chi connectivity index (χ2n) is 8.43. The first-order chi connectivity index (χ1) is 14.3. The molecule has 2 amide bonds. The largest absolute Gasteiger partial charge is 0.362 e. The molecule has 164 valence electrons. The van der Waals surface area contributed by atoms with Gasteiger partial charge >= 0.3 is 0 Å². The quantitative estimate of drug-likeness (QED) is 0.543. The van der Waals surface area contributed by atoms with Crippen molar-refractivity contribution in [2.75, 3.05) is 37.6 Å². The Balaban J connectivity index is 1.83. The van der Waals surface area contributed by atoms with Gasteiger partial charge in [-0.05, 0) is 37.3 Å². The van der Waals surface area contributed by atoms with Crippen LogP contribution in [0.25, 0.3) is 0 Å². The molecule has 3 rings (SSSR count). The summed E-state index contributed by atoms with van der Waals surface area (Å²) in [4.78, 5) is 41.8. The maximum atomic E-state index is 13.3. The average Bonchev–Trinajstić information content (AvgIpc) is 2.74. The Morgan fingerprint density at radius 3 is 2.47 bits per heavy atom. The summed E-state index contributed by atoms with van der Waals surface area (Å²) in [5, 5.41) is 11.8. The molecule has 0 aliphatic carbocycles. The normalized spacial score (nSPS) is 22.2. The lowest BCUT2D eigenvalue weighted by atomic mass is 9.87. The molecule has 8 nitrogen and oxygen atoms in total. The minimum absolute atomic E-state index is 0.0162. The fraction of sp³-hybridized carbons (Fsp3) is 0.636. The molecule has 30 heavy (non-hydrogen) atoms. The van der Waals surface area contributed by atoms with Crippen molar-refractivity contribution in [3.8, 4) is 0 Å². The second kappa shape index (κ2) is 9.45. The van der Waals surface area contributed by atoms with Gasteiger partial charge in [-0.1, -0.05) is 20.3 Å². The summed E-state index contributed by atoms with van der Waals surface area (Å²) in [7, 11) is 0. The molecule has 2 saturated heterocycles. The predicted molar refractivity (Wildman–Crippen MR) is 116 cm³/mol. The molecule has 0 saturated carbocycles.